The van der Waals surface area contributed by atoms with E-state index < -0.39 is 17.4 Å². The van der Waals surface area contributed by atoms with Gasteiger partial charge >= 0.3 is 303 Å². The molecule has 0 nitrogen and oxygen atoms in total. The minimum atomic E-state index is -3.79. The average Bonchev–Trinajstić information content (AvgIpc) is 3.68. The van der Waals surface area contributed by atoms with Gasteiger partial charge in [0.05, 0.1) is 0 Å². The molecule has 6 rings (SSSR count). The molecule has 2 aliphatic rings. The molecule has 4 aromatic carbocycles. The number of fused-ring (bicyclic) bond motifs is 2. The van der Waals surface area contributed by atoms with E-state index in [-0.39, 0.29) is 24.8 Å². The largest absolute Gasteiger partial charge is 0.147 e. The minimum absolute atomic E-state index is 0. The summed E-state index contributed by atoms with van der Waals surface area (Å²) in [5, 5.41) is 0. The van der Waals surface area contributed by atoms with Crippen molar-refractivity contribution in [1.82, 2.24) is 0 Å². The Kier molecular flexibility index (Phi) is 13.3. The van der Waals surface area contributed by atoms with Gasteiger partial charge in [-0.2, -0.15) is 0 Å². The molecular formula is C47H62Cl2SiZr. The molecule has 4 unspecified atom stereocenters. The predicted octanol–water partition coefficient (Wildman–Crippen LogP) is 14.6. The first-order valence-corrected chi connectivity index (χ1v) is 31.6. The normalized spacial score (nSPS) is 17.8. The molecule has 0 aliphatic heterocycles. The summed E-state index contributed by atoms with van der Waals surface area (Å²) in [6.07, 6.45) is 8.73. The van der Waals surface area contributed by atoms with E-state index >= 15 is 0 Å². The maximum Gasteiger partial charge on any atom is -0.147 e. The second-order valence-corrected chi connectivity index (χ2v) is 43.8. The monoisotopic (exact) mass is 814 g/mol. The molecule has 0 saturated heterocycles. The van der Waals surface area contributed by atoms with Crippen molar-refractivity contribution in [2.75, 3.05) is 0 Å². The third-order valence-electron chi connectivity index (χ3n) is 13.5. The van der Waals surface area contributed by atoms with Gasteiger partial charge in [0, 0.05) is 0 Å². The Labute approximate surface area is 325 Å². The van der Waals surface area contributed by atoms with E-state index in [0.717, 1.165) is 6.42 Å². The zero-order valence-corrected chi connectivity index (χ0v) is 38.5. The molecule has 4 heteroatoms. The van der Waals surface area contributed by atoms with E-state index in [1.54, 1.807) is 22.3 Å². The van der Waals surface area contributed by atoms with Crippen molar-refractivity contribution in [2.45, 2.75) is 116 Å². The van der Waals surface area contributed by atoms with Gasteiger partial charge in [-0.3, -0.25) is 0 Å². The number of halogens is 2. The first kappa shape index (κ1) is 41.8. The van der Waals surface area contributed by atoms with Crippen molar-refractivity contribution < 1.29 is 17.4 Å². The molecule has 0 radical (unpaired) electrons. The fourth-order valence-corrected chi connectivity index (χ4v) is 33.7. The molecular weight excluding hydrogens is 755 g/mol. The fourth-order valence-electron chi connectivity index (χ4n) is 9.90. The summed E-state index contributed by atoms with van der Waals surface area (Å²) in [5.41, 5.74) is 20.8. The number of hydrogen-bond acceptors (Lipinski definition) is 0. The van der Waals surface area contributed by atoms with E-state index in [9.17, 15) is 0 Å². The van der Waals surface area contributed by atoms with Gasteiger partial charge in [-0.05, 0) is 0 Å². The first-order valence-electron chi connectivity index (χ1n) is 19.3. The van der Waals surface area contributed by atoms with Crippen LogP contribution in [0, 0.1) is 13.8 Å². The Morgan fingerprint density at radius 3 is 1.39 bits per heavy atom. The molecule has 272 valence electrons. The van der Waals surface area contributed by atoms with Crippen LogP contribution in [0.2, 0.25) is 8.26 Å². The average molecular weight is 817 g/mol. The number of aryl methyl sites for hydroxylation is 2. The van der Waals surface area contributed by atoms with Crippen molar-refractivity contribution >= 4 is 43.8 Å². The van der Waals surface area contributed by atoms with Crippen LogP contribution in [0.5, 0.6) is 0 Å². The summed E-state index contributed by atoms with van der Waals surface area (Å²) in [6.45, 7) is 26.5. The third-order valence-corrected chi connectivity index (χ3v) is 44.3. The van der Waals surface area contributed by atoms with Crippen LogP contribution in [0.25, 0.3) is 34.4 Å². The van der Waals surface area contributed by atoms with Gasteiger partial charge < -0.3 is 0 Å². The minimum Gasteiger partial charge on any atom is -0.147 e. The molecule has 2 aliphatic carbocycles. The van der Waals surface area contributed by atoms with Crippen LogP contribution in [0.1, 0.15) is 138 Å². The first-order chi connectivity index (χ1) is 23.4. The molecule has 0 amide bonds. The van der Waals surface area contributed by atoms with E-state index in [1.807, 2.05) is 0 Å². The van der Waals surface area contributed by atoms with Gasteiger partial charge in [-0.15, -0.1) is 24.8 Å². The second kappa shape index (κ2) is 16.2. The van der Waals surface area contributed by atoms with E-state index in [0.29, 0.717) is 19.1 Å². The predicted molar refractivity (Wildman–Crippen MR) is 232 cm³/mol. The summed E-state index contributed by atoms with van der Waals surface area (Å²) in [7, 11) is 0. The molecule has 0 saturated carbocycles. The second-order valence-electron chi connectivity index (χ2n) is 16.2. The summed E-state index contributed by atoms with van der Waals surface area (Å²) < 4.78 is 3.76. The molecule has 0 spiro atoms. The van der Waals surface area contributed by atoms with Gasteiger partial charge in [-0.1, -0.05) is 0 Å². The van der Waals surface area contributed by atoms with Crippen molar-refractivity contribution in [2.24, 2.45) is 0 Å². The van der Waals surface area contributed by atoms with E-state index in [4.69, 9.17) is 0 Å². The van der Waals surface area contributed by atoms with Crippen LogP contribution in [-0.2, 0) is 17.4 Å². The van der Waals surface area contributed by atoms with Gasteiger partial charge in [0.2, 0.25) is 0 Å². The number of benzene rings is 4. The van der Waals surface area contributed by atoms with Crippen LogP contribution >= 0.6 is 24.8 Å². The summed E-state index contributed by atoms with van der Waals surface area (Å²) >= 11 is -3.79. The maximum absolute atomic E-state index is 3.79. The van der Waals surface area contributed by atoms with Crippen LogP contribution in [-0.4, -0.2) is 6.88 Å². The van der Waals surface area contributed by atoms with Gasteiger partial charge in [0.15, 0.2) is 0 Å². The number of allylic oxidation sites excluding steroid dienone is 2. The molecule has 0 heterocycles. The zero-order valence-electron chi connectivity index (χ0n) is 33.0. The quantitative estimate of drug-likeness (QED) is 0.132. The fraction of sp³-hybridized carbons (Fsp3) is 0.404. The van der Waals surface area contributed by atoms with Crippen LogP contribution < -0.4 is 0 Å². The topological polar surface area (TPSA) is 0 Å². The molecule has 4 atom stereocenters. The van der Waals surface area contributed by atoms with Crippen molar-refractivity contribution in [1.29, 1.82) is 0 Å². The Bertz CT molecular complexity index is 2010. The van der Waals surface area contributed by atoms with Crippen LogP contribution in [0.4, 0.5) is 0 Å². The number of rotatable bonds is 11. The standard InChI is InChI=1S/C22H25.C21H23.2C2H5.2ClH.H2Si.Zr/c1-5-16(4)18-7-9-19(10-8-18)21-12-15(3)11-20-13-17(6-2)14-22(20)21;1-5-16(4)17-6-8-18(9-7-17)20-12-14(2)10-19-11-15(3)13-21(19)20;2*1-2;;;;/h7-14,16H,5-6H2,1-4H3;6-13,16H,5H2,1-4H3;2*1H2,2H3;2*1H;1H2;. The zero-order chi connectivity index (χ0) is 35.3. The SMILES string of the molecule is CCC1=Cc2c(-c3ccc(C(C)CC)cc3)cc(C)cc2[CH]1[Zr](=[SiH2])([CH2]C)([CH2]C)[CH]1C(C)=Cc2c(-c3ccc(C(C)CC)cc3)cc(C)cc21.Cl.Cl. The Balaban J connectivity index is 0.00000292. The van der Waals surface area contributed by atoms with Gasteiger partial charge in [0.1, 0.15) is 0 Å². The maximum atomic E-state index is 2.65. The summed E-state index contributed by atoms with van der Waals surface area (Å²) in [6, 6.07) is 29.1. The molecule has 4 aromatic rings. The molecule has 0 aromatic heterocycles. The molecule has 0 bridgehead atoms. The number of hydrogen-bond donors (Lipinski definition) is 0. The van der Waals surface area contributed by atoms with Crippen LogP contribution in [0.3, 0.4) is 0 Å². The van der Waals surface area contributed by atoms with E-state index in [1.165, 1.54) is 76.7 Å². The third kappa shape index (κ3) is 7.07. The Morgan fingerprint density at radius 1 is 0.588 bits per heavy atom. The van der Waals surface area contributed by atoms with Gasteiger partial charge in [-0.25, -0.2) is 0 Å². The molecule has 0 fully saturated rings. The molecule has 51 heavy (non-hydrogen) atoms. The van der Waals surface area contributed by atoms with E-state index in [2.05, 4.69) is 161 Å². The Morgan fingerprint density at radius 2 is 1.00 bits per heavy atom. The van der Waals surface area contributed by atoms with Crippen molar-refractivity contribution in [3.8, 4) is 22.3 Å². The van der Waals surface area contributed by atoms with Gasteiger partial charge in [0.25, 0.3) is 0 Å². The molecule has 0 N–H and O–H groups in total. The smallest absolute Gasteiger partial charge is 0.147 e. The summed E-state index contributed by atoms with van der Waals surface area (Å²) in [5.74, 6) is 1.19. The van der Waals surface area contributed by atoms with Crippen molar-refractivity contribution in [3.05, 3.63) is 128 Å². The van der Waals surface area contributed by atoms with Crippen LogP contribution in [0.15, 0.2) is 83.9 Å². The van der Waals surface area contributed by atoms with Crippen molar-refractivity contribution in [3.63, 3.8) is 0 Å². The summed E-state index contributed by atoms with van der Waals surface area (Å²) in [4.78, 5) is 0. The Hall–Kier alpha value is -1.96.